The number of aryl methyl sites for hydroxylation is 1. The summed E-state index contributed by atoms with van der Waals surface area (Å²) >= 11 is 0. The maximum atomic E-state index is 12.5. The number of pyridine rings is 1. The van der Waals surface area contributed by atoms with E-state index in [4.69, 9.17) is 9.97 Å². The Morgan fingerprint density at radius 2 is 1.32 bits per heavy atom. The van der Waals surface area contributed by atoms with Crippen molar-refractivity contribution in [2.75, 3.05) is 0 Å². The zero-order chi connectivity index (χ0) is 33.5. The topological polar surface area (TPSA) is 59.8 Å². The predicted octanol–water partition coefficient (Wildman–Crippen LogP) is 11.3. The van der Waals surface area contributed by atoms with Gasteiger partial charge in [0.05, 0.1) is 16.7 Å². The number of fused-ring (bicyclic) bond motifs is 3. The second-order valence-corrected chi connectivity index (χ2v) is 15.0. The number of unbranched alkanes of at least 4 members (excludes halogenated alkanes) is 12. The van der Waals surface area contributed by atoms with Gasteiger partial charge in [-0.05, 0) is 41.9 Å². The number of nitrogens with one attached hydrogen (secondary N) is 1. The van der Waals surface area contributed by atoms with Crippen molar-refractivity contribution in [1.82, 2.24) is 19.9 Å². The van der Waals surface area contributed by atoms with Crippen molar-refractivity contribution in [3.8, 4) is 0 Å². The number of aromatic nitrogens is 3. The number of benzene rings is 2. The lowest BCUT2D eigenvalue weighted by Gasteiger charge is -2.18. The zero-order valence-corrected chi connectivity index (χ0v) is 30.3. The Hall–Kier alpha value is -3.21. The van der Waals surface area contributed by atoms with Crippen molar-refractivity contribution in [2.24, 2.45) is 5.41 Å². The smallest absolute Gasteiger partial charge is 0.220 e. The van der Waals surface area contributed by atoms with Gasteiger partial charge in [0, 0.05) is 31.3 Å². The number of imidazole rings is 1. The molecule has 2 aromatic heterocycles. The van der Waals surface area contributed by atoms with Gasteiger partial charge in [0.1, 0.15) is 11.3 Å². The first kappa shape index (κ1) is 36.6. The molecule has 0 radical (unpaired) electrons. The van der Waals surface area contributed by atoms with Gasteiger partial charge in [0.15, 0.2) is 0 Å². The maximum absolute atomic E-state index is 12.5. The zero-order valence-electron chi connectivity index (χ0n) is 30.3. The van der Waals surface area contributed by atoms with Crippen LogP contribution in [0.5, 0.6) is 0 Å². The molecular weight excluding hydrogens is 576 g/mol. The minimum atomic E-state index is 0.119. The molecule has 2 heterocycles. The first-order valence-electron chi connectivity index (χ1n) is 18.9. The van der Waals surface area contributed by atoms with E-state index in [2.05, 4.69) is 93.0 Å². The number of carbonyl (C=O) groups is 1. The summed E-state index contributed by atoms with van der Waals surface area (Å²) in [5.74, 6) is 1.31. The highest BCUT2D eigenvalue weighted by Gasteiger charge is 2.22. The summed E-state index contributed by atoms with van der Waals surface area (Å²) in [6.45, 7) is 12.7. The van der Waals surface area contributed by atoms with E-state index < -0.39 is 0 Å². The van der Waals surface area contributed by atoms with Crippen LogP contribution < -0.4 is 5.32 Å². The van der Waals surface area contributed by atoms with E-state index in [-0.39, 0.29) is 11.3 Å². The molecule has 0 fully saturated rings. The molecule has 1 N–H and O–H groups in total. The van der Waals surface area contributed by atoms with Gasteiger partial charge in [-0.25, -0.2) is 4.98 Å². The molecule has 4 rings (SSSR count). The van der Waals surface area contributed by atoms with Crippen LogP contribution >= 0.6 is 0 Å². The molecule has 0 saturated carbocycles. The standard InChI is InChI=1S/C42H62N4O/c1-6-8-10-11-12-13-14-15-16-17-18-19-25-39(47)43-31-33-26-28-34(29-27-33)32-46-38(24-9-7-2)45-40-37(30-42(3,4)5)44-36-23-21-20-22-35(36)41(40)46/h20-23,26-29H,6-19,24-25,30-32H2,1-5H3,(H,43,47). The molecular formula is C42H62N4O. The quantitative estimate of drug-likeness (QED) is 0.0924. The van der Waals surface area contributed by atoms with E-state index in [1.54, 1.807) is 0 Å². The first-order valence-corrected chi connectivity index (χ1v) is 18.9. The van der Waals surface area contributed by atoms with Crippen LogP contribution in [0.2, 0.25) is 0 Å². The van der Waals surface area contributed by atoms with Crippen molar-refractivity contribution >= 4 is 27.8 Å². The Bertz CT molecular complexity index is 1510. The molecule has 5 heteroatoms. The van der Waals surface area contributed by atoms with Crippen LogP contribution in [0.15, 0.2) is 48.5 Å². The molecule has 0 atom stereocenters. The normalized spacial score (nSPS) is 11.9. The third-order valence-electron chi connectivity index (χ3n) is 9.30. The number of hydrogen-bond acceptors (Lipinski definition) is 3. The van der Waals surface area contributed by atoms with Crippen LogP contribution in [0.4, 0.5) is 0 Å². The lowest BCUT2D eigenvalue weighted by molar-refractivity contribution is -0.121. The van der Waals surface area contributed by atoms with Crippen molar-refractivity contribution < 1.29 is 4.79 Å². The van der Waals surface area contributed by atoms with E-state index in [1.165, 1.54) is 80.7 Å². The number of amides is 1. The molecule has 0 bridgehead atoms. The van der Waals surface area contributed by atoms with Gasteiger partial charge in [0.25, 0.3) is 0 Å². The molecule has 0 saturated heterocycles. The molecule has 47 heavy (non-hydrogen) atoms. The molecule has 1 amide bonds. The lowest BCUT2D eigenvalue weighted by atomic mass is 9.89. The second kappa shape index (κ2) is 19.0. The Kier molecular flexibility index (Phi) is 14.8. The highest BCUT2D eigenvalue weighted by Crippen LogP contribution is 2.32. The van der Waals surface area contributed by atoms with Gasteiger partial charge in [-0.1, -0.05) is 154 Å². The molecule has 5 nitrogen and oxygen atoms in total. The van der Waals surface area contributed by atoms with Crippen molar-refractivity contribution in [2.45, 2.75) is 157 Å². The van der Waals surface area contributed by atoms with Crippen LogP contribution in [0.25, 0.3) is 21.9 Å². The highest BCUT2D eigenvalue weighted by atomic mass is 16.1. The summed E-state index contributed by atoms with van der Waals surface area (Å²) in [6.07, 6.45) is 20.5. The Balaban J connectivity index is 1.31. The monoisotopic (exact) mass is 638 g/mol. The van der Waals surface area contributed by atoms with Crippen LogP contribution in [0.3, 0.4) is 0 Å². The van der Waals surface area contributed by atoms with Gasteiger partial charge >= 0.3 is 0 Å². The van der Waals surface area contributed by atoms with E-state index in [9.17, 15) is 4.79 Å². The van der Waals surface area contributed by atoms with Crippen molar-refractivity contribution in [3.63, 3.8) is 0 Å². The van der Waals surface area contributed by atoms with E-state index in [1.807, 2.05) is 0 Å². The second-order valence-electron chi connectivity index (χ2n) is 15.0. The summed E-state index contributed by atoms with van der Waals surface area (Å²) < 4.78 is 2.44. The fourth-order valence-electron chi connectivity index (χ4n) is 6.63. The summed E-state index contributed by atoms with van der Waals surface area (Å²) in [6, 6.07) is 17.3. The average Bonchev–Trinajstić information content (AvgIpc) is 3.41. The van der Waals surface area contributed by atoms with Crippen LogP contribution in [0.1, 0.15) is 154 Å². The van der Waals surface area contributed by atoms with Crippen molar-refractivity contribution in [3.05, 3.63) is 71.2 Å². The number of nitrogens with zero attached hydrogens (tertiary/aromatic N) is 3. The average molecular weight is 639 g/mol. The van der Waals surface area contributed by atoms with Crippen molar-refractivity contribution in [1.29, 1.82) is 0 Å². The first-order chi connectivity index (χ1) is 22.8. The number of rotatable bonds is 21. The fraction of sp³-hybridized carbons (Fsp3) is 0.595. The summed E-state index contributed by atoms with van der Waals surface area (Å²) in [4.78, 5) is 22.9. The third kappa shape index (κ3) is 11.8. The molecule has 0 aliphatic rings. The van der Waals surface area contributed by atoms with Gasteiger partial charge in [-0.2, -0.15) is 0 Å². The number of para-hydroxylation sites is 1. The van der Waals surface area contributed by atoms with Gasteiger partial charge < -0.3 is 9.88 Å². The summed E-state index contributed by atoms with van der Waals surface area (Å²) in [5.41, 5.74) is 6.89. The Morgan fingerprint density at radius 3 is 1.96 bits per heavy atom. The molecule has 0 spiro atoms. The Labute approximate surface area is 285 Å². The SMILES string of the molecule is CCCCCCCCCCCCCCC(=O)NCc1ccc(Cn2c(CCCC)nc3c(CC(C)(C)C)nc4ccccc4c32)cc1. The van der Waals surface area contributed by atoms with Crippen LogP contribution in [-0.2, 0) is 30.7 Å². The molecule has 256 valence electrons. The van der Waals surface area contributed by atoms with E-state index >= 15 is 0 Å². The third-order valence-corrected chi connectivity index (χ3v) is 9.30. The lowest BCUT2D eigenvalue weighted by Crippen LogP contribution is -2.22. The molecule has 2 aromatic carbocycles. The van der Waals surface area contributed by atoms with Crippen LogP contribution in [-0.4, -0.2) is 20.4 Å². The fourth-order valence-corrected chi connectivity index (χ4v) is 6.63. The predicted molar refractivity (Wildman–Crippen MR) is 200 cm³/mol. The highest BCUT2D eigenvalue weighted by molar-refractivity contribution is 6.03. The molecule has 4 aromatic rings. The van der Waals surface area contributed by atoms with Crippen LogP contribution in [0, 0.1) is 5.41 Å². The number of hydrogen-bond donors (Lipinski definition) is 1. The molecule has 0 aliphatic heterocycles. The Morgan fingerprint density at radius 1 is 0.723 bits per heavy atom. The minimum Gasteiger partial charge on any atom is -0.352 e. The molecule has 0 aliphatic carbocycles. The maximum Gasteiger partial charge on any atom is 0.220 e. The largest absolute Gasteiger partial charge is 0.352 e. The summed E-state index contributed by atoms with van der Waals surface area (Å²) in [5, 5.41) is 4.31. The number of carbonyl (C=O) groups excluding carboxylic acids is 1. The minimum absolute atomic E-state index is 0.119. The van der Waals surface area contributed by atoms with Gasteiger partial charge in [-0.3, -0.25) is 9.78 Å². The van der Waals surface area contributed by atoms with Gasteiger partial charge in [0.2, 0.25) is 5.91 Å². The van der Waals surface area contributed by atoms with Gasteiger partial charge in [-0.15, -0.1) is 0 Å². The summed E-state index contributed by atoms with van der Waals surface area (Å²) in [7, 11) is 0. The van der Waals surface area contributed by atoms with E-state index in [0.717, 1.165) is 73.2 Å². The van der Waals surface area contributed by atoms with E-state index in [0.29, 0.717) is 13.0 Å². The molecule has 0 unspecified atom stereocenters.